The molecule has 4 heterocycles. The number of halogens is 2. The Labute approximate surface area is 181 Å². The molecule has 9 heteroatoms. The fraction of sp³-hybridized carbons (Fsp3) is 0.773. The number of carbonyl (C=O) groups excluding carboxylic acids is 1. The lowest BCUT2D eigenvalue weighted by Gasteiger charge is -2.48. The van der Waals surface area contributed by atoms with Crippen LogP contribution >= 0.6 is 0 Å². The molecule has 0 saturated carbocycles. The normalized spacial score (nSPS) is 29.4. The van der Waals surface area contributed by atoms with E-state index in [9.17, 15) is 13.6 Å². The van der Waals surface area contributed by atoms with Gasteiger partial charge in [-0.1, -0.05) is 0 Å². The van der Waals surface area contributed by atoms with Crippen molar-refractivity contribution in [1.29, 1.82) is 0 Å². The van der Waals surface area contributed by atoms with E-state index in [-0.39, 0.29) is 49.2 Å². The minimum Gasteiger partial charge on any atom is -0.364 e. The zero-order valence-corrected chi connectivity index (χ0v) is 18.3. The summed E-state index contributed by atoms with van der Waals surface area (Å²) in [5, 5.41) is 0. The number of rotatable bonds is 5. The van der Waals surface area contributed by atoms with Crippen molar-refractivity contribution in [2.45, 2.75) is 76.5 Å². The average Bonchev–Trinajstić information content (AvgIpc) is 3.06. The van der Waals surface area contributed by atoms with Gasteiger partial charge in [0.15, 0.2) is 0 Å². The first-order chi connectivity index (χ1) is 14.8. The summed E-state index contributed by atoms with van der Waals surface area (Å²) in [5.74, 6) is -1.83. The Kier molecular flexibility index (Phi) is 5.27. The molecule has 1 aromatic heterocycles. The smallest absolute Gasteiger partial charge is 0.290 e. The number of alkyl halides is 2. The maximum Gasteiger partial charge on any atom is 0.290 e. The van der Waals surface area contributed by atoms with E-state index in [1.165, 1.54) is 6.42 Å². The van der Waals surface area contributed by atoms with Crippen LogP contribution in [0.4, 0.5) is 20.5 Å². The summed E-state index contributed by atoms with van der Waals surface area (Å²) in [4.78, 5) is 27.3. The lowest BCUT2D eigenvalue weighted by Crippen LogP contribution is -2.61. The minimum absolute atomic E-state index is 0.0240. The summed E-state index contributed by atoms with van der Waals surface area (Å²) in [6.45, 7) is 7.13. The lowest BCUT2D eigenvalue weighted by atomic mass is 9.99. The average molecular weight is 436 g/mol. The van der Waals surface area contributed by atoms with Gasteiger partial charge in [-0.15, -0.1) is 0 Å². The Hall–Kier alpha value is -2.03. The van der Waals surface area contributed by atoms with Gasteiger partial charge in [-0.3, -0.25) is 4.79 Å². The van der Waals surface area contributed by atoms with Crippen LogP contribution in [0.2, 0.25) is 0 Å². The first kappa shape index (κ1) is 20.8. The van der Waals surface area contributed by atoms with Crippen LogP contribution in [0, 0.1) is 0 Å². The molecule has 1 amide bonds. The maximum absolute atomic E-state index is 14.5. The molecule has 3 atom stereocenters. The quantitative estimate of drug-likeness (QED) is 0.709. The summed E-state index contributed by atoms with van der Waals surface area (Å²) in [6, 6.07) is 0.246. The third kappa shape index (κ3) is 3.64. The molecule has 31 heavy (non-hydrogen) atoms. The van der Waals surface area contributed by atoms with E-state index in [1.807, 2.05) is 21.6 Å². The standard InChI is InChI=1S/C22H31F2N5O2/c1-14-7-11-28(14)21-25-19-16(6-8-22(19,23)24)20(26-21)29-12-17(15(29)2)31-13-18(30)27-9-4-3-5-10-27/h14-15,17H,3-13H2,1-2H3/t14-,15-,17+/m0/s1. The molecule has 170 valence electrons. The Bertz CT molecular complexity index is 861. The van der Waals surface area contributed by atoms with Gasteiger partial charge in [-0.2, -0.15) is 13.8 Å². The molecule has 1 aliphatic carbocycles. The zero-order valence-electron chi connectivity index (χ0n) is 18.3. The number of hydrogen-bond acceptors (Lipinski definition) is 6. The molecule has 0 spiro atoms. The summed E-state index contributed by atoms with van der Waals surface area (Å²) in [7, 11) is 0. The maximum atomic E-state index is 14.5. The number of ether oxygens (including phenoxy) is 1. The highest BCUT2D eigenvalue weighted by atomic mass is 19.3. The third-order valence-electron chi connectivity index (χ3n) is 7.39. The van der Waals surface area contributed by atoms with E-state index >= 15 is 0 Å². The molecule has 0 N–H and O–H groups in total. The molecule has 3 saturated heterocycles. The van der Waals surface area contributed by atoms with Crippen LogP contribution in [-0.4, -0.2) is 71.7 Å². The number of fused-ring (bicyclic) bond motifs is 1. The highest BCUT2D eigenvalue weighted by molar-refractivity contribution is 5.77. The zero-order chi connectivity index (χ0) is 21.8. The molecular weight excluding hydrogens is 404 g/mol. The Morgan fingerprint density at radius 2 is 1.90 bits per heavy atom. The second-order valence-corrected chi connectivity index (χ2v) is 9.39. The minimum atomic E-state index is -2.90. The van der Waals surface area contributed by atoms with Gasteiger partial charge in [0, 0.05) is 44.2 Å². The van der Waals surface area contributed by atoms with Crippen LogP contribution in [-0.2, 0) is 21.9 Å². The van der Waals surface area contributed by atoms with Gasteiger partial charge in [0.05, 0.1) is 12.1 Å². The summed E-state index contributed by atoms with van der Waals surface area (Å²) in [6.07, 6.45) is 4.28. The second kappa shape index (κ2) is 7.83. The van der Waals surface area contributed by atoms with Crippen molar-refractivity contribution in [2.75, 3.05) is 42.6 Å². The molecular formula is C22H31F2N5O2. The Morgan fingerprint density at radius 3 is 2.55 bits per heavy atom. The number of anilines is 2. The Balaban J connectivity index is 1.29. The van der Waals surface area contributed by atoms with Gasteiger partial charge < -0.3 is 19.4 Å². The van der Waals surface area contributed by atoms with Crippen molar-refractivity contribution >= 4 is 17.7 Å². The molecule has 3 aliphatic heterocycles. The highest BCUT2D eigenvalue weighted by Crippen LogP contribution is 2.46. The van der Waals surface area contributed by atoms with E-state index in [0.29, 0.717) is 23.9 Å². The van der Waals surface area contributed by atoms with Crippen LogP contribution in [0.5, 0.6) is 0 Å². The summed E-state index contributed by atoms with van der Waals surface area (Å²) < 4.78 is 35.0. The van der Waals surface area contributed by atoms with Gasteiger partial charge in [0.2, 0.25) is 11.9 Å². The van der Waals surface area contributed by atoms with Crippen LogP contribution in [0.15, 0.2) is 0 Å². The molecule has 5 rings (SSSR count). The van der Waals surface area contributed by atoms with E-state index in [4.69, 9.17) is 9.72 Å². The van der Waals surface area contributed by atoms with Crippen LogP contribution in [0.1, 0.15) is 57.2 Å². The Morgan fingerprint density at radius 1 is 1.13 bits per heavy atom. The van der Waals surface area contributed by atoms with Gasteiger partial charge in [0.1, 0.15) is 18.1 Å². The monoisotopic (exact) mass is 435 g/mol. The van der Waals surface area contributed by atoms with Crippen molar-refractivity contribution in [3.05, 3.63) is 11.3 Å². The highest BCUT2D eigenvalue weighted by Gasteiger charge is 2.47. The van der Waals surface area contributed by atoms with Crippen LogP contribution < -0.4 is 9.80 Å². The van der Waals surface area contributed by atoms with E-state index < -0.39 is 5.92 Å². The molecule has 0 unspecified atom stereocenters. The van der Waals surface area contributed by atoms with E-state index in [2.05, 4.69) is 11.9 Å². The molecule has 4 aliphatic rings. The van der Waals surface area contributed by atoms with Gasteiger partial charge in [-0.05, 0) is 46.0 Å². The topological polar surface area (TPSA) is 61.8 Å². The third-order valence-corrected chi connectivity index (χ3v) is 7.39. The van der Waals surface area contributed by atoms with E-state index in [0.717, 1.165) is 38.9 Å². The molecule has 0 bridgehead atoms. The van der Waals surface area contributed by atoms with Crippen molar-refractivity contribution in [3.8, 4) is 0 Å². The SMILES string of the molecule is C[C@H]1CCN1c1nc(N2C[C@@H](OCC(=O)N3CCCCC3)[C@@H]2C)c2c(n1)C(F)(F)CC2. The van der Waals surface area contributed by atoms with Crippen molar-refractivity contribution in [2.24, 2.45) is 0 Å². The van der Waals surface area contributed by atoms with Crippen LogP contribution in [0.3, 0.4) is 0 Å². The first-order valence-corrected chi connectivity index (χ1v) is 11.6. The first-order valence-electron chi connectivity index (χ1n) is 11.6. The number of carbonyl (C=O) groups is 1. The van der Waals surface area contributed by atoms with E-state index in [1.54, 1.807) is 0 Å². The van der Waals surface area contributed by atoms with Crippen molar-refractivity contribution in [3.63, 3.8) is 0 Å². The molecule has 3 fully saturated rings. The fourth-order valence-electron chi connectivity index (χ4n) is 5.03. The van der Waals surface area contributed by atoms with Crippen LogP contribution in [0.25, 0.3) is 0 Å². The summed E-state index contributed by atoms with van der Waals surface area (Å²) in [5.41, 5.74) is 0.458. The number of piperidine rings is 1. The van der Waals surface area contributed by atoms with Gasteiger partial charge >= 0.3 is 0 Å². The van der Waals surface area contributed by atoms with Crippen molar-refractivity contribution in [1.82, 2.24) is 14.9 Å². The van der Waals surface area contributed by atoms with Gasteiger partial charge in [-0.25, -0.2) is 4.98 Å². The fourth-order valence-corrected chi connectivity index (χ4v) is 5.03. The molecule has 0 aromatic carbocycles. The number of aromatic nitrogens is 2. The molecule has 7 nitrogen and oxygen atoms in total. The molecule has 0 radical (unpaired) electrons. The number of amides is 1. The predicted molar refractivity (Wildman–Crippen MR) is 113 cm³/mol. The summed E-state index contributed by atoms with van der Waals surface area (Å²) >= 11 is 0. The number of hydrogen-bond donors (Lipinski definition) is 0. The lowest BCUT2D eigenvalue weighted by molar-refractivity contribution is -0.140. The van der Waals surface area contributed by atoms with Gasteiger partial charge in [0.25, 0.3) is 5.92 Å². The second-order valence-electron chi connectivity index (χ2n) is 9.39. The molecule has 1 aromatic rings. The number of nitrogens with zero attached hydrogens (tertiary/aromatic N) is 5. The van der Waals surface area contributed by atoms with Crippen molar-refractivity contribution < 1.29 is 18.3 Å². The number of likely N-dealkylation sites (tertiary alicyclic amines) is 1. The predicted octanol–water partition coefficient (Wildman–Crippen LogP) is 2.72. The largest absolute Gasteiger partial charge is 0.364 e.